The largest absolute Gasteiger partial charge is 0.497 e. The molecule has 0 aliphatic rings. The number of para-hydroxylation sites is 1. The minimum Gasteiger partial charge on any atom is -0.497 e. The summed E-state index contributed by atoms with van der Waals surface area (Å²) in [6.07, 6.45) is 0.632. The average molecular weight is 451 g/mol. The number of rotatable bonds is 9. The van der Waals surface area contributed by atoms with E-state index in [1.807, 2.05) is 82.2 Å². The van der Waals surface area contributed by atoms with Crippen molar-refractivity contribution in [3.05, 3.63) is 64.7 Å². The van der Waals surface area contributed by atoms with E-state index in [9.17, 15) is 9.59 Å². The highest BCUT2D eigenvalue weighted by atomic mass is 16.5. The molecule has 0 aliphatic heterocycles. The SMILES string of the molecule is CCC(c1nc2ccccc2c(=O)n1-c1ccc(OC)cc1)N(CCN(C)C)C(=O)C(C)C. The number of ether oxygens (including phenoxy) is 1. The lowest BCUT2D eigenvalue weighted by molar-refractivity contribution is -0.137. The van der Waals surface area contributed by atoms with Crippen LogP contribution < -0.4 is 10.3 Å². The van der Waals surface area contributed by atoms with Crippen molar-refractivity contribution in [1.82, 2.24) is 19.4 Å². The van der Waals surface area contributed by atoms with E-state index in [1.165, 1.54) is 0 Å². The van der Waals surface area contributed by atoms with Crippen LogP contribution in [-0.4, -0.2) is 59.6 Å². The van der Waals surface area contributed by atoms with Gasteiger partial charge in [-0.05, 0) is 56.9 Å². The molecule has 176 valence electrons. The van der Waals surface area contributed by atoms with E-state index in [4.69, 9.17) is 9.72 Å². The van der Waals surface area contributed by atoms with Crippen LogP contribution >= 0.6 is 0 Å². The minimum absolute atomic E-state index is 0.0485. The third kappa shape index (κ3) is 5.25. The van der Waals surface area contributed by atoms with Crippen molar-refractivity contribution in [2.45, 2.75) is 33.2 Å². The second-order valence-corrected chi connectivity index (χ2v) is 8.74. The maximum absolute atomic E-state index is 13.7. The van der Waals surface area contributed by atoms with Gasteiger partial charge in [0, 0.05) is 19.0 Å². The molecule has 7 heteroatoms. The van der Waals surface area contributed by atoms with Gasteiger partial charge in [0.15, 0.2) is 0 Å². The first-order chi connectivity index (χ1) is 15.8. The summed E-state index contributed by atoms with van der Waals surface area (Å²) in [5.74, 6) is 1.16. The first-order valence-electron chi connectivity index (χ1n) is 11.4. The summed E-state index contributed by atoms with van der Waals surface area (Å²) in [5.41, 5.74) is 1.17. The molecule has 1 aromatic heterocycles. The van der Waals surface area contributed by atoms with E-state index in [2.05, 4.69) is 4.90 Å². The summed E-state index contributed by atoms with van der Waals surface area (Å²) >= 11 is 0. The van der Waals surface area contributed by atoms with Crippen molar-refractivity contribution in [2.75, 3.05) is 34.3 Å². The molecule has 33 heavy (non-hydrogen) atoms. The fourth-order valence-electron chi connectivity index (χ4n) is 3.96. The van der Waals surface area contributed by atoms with Crippen molar-refractivity contribution in [3.63, 3.8) is 0 Å². The Labute approximate surface area is 195 Å². The third-order valence-electron chi connectivity index (χ3n) is 5.76. The molecular weight excluding hydrogens is 416 g/mol. The molecule has 0 bridgehead atoms. The van der Waals surface area contributed by atoms with Crippen LogP contribution in [0.5, 0.6) is 5.75 Å². The van der Waals surface area contributed by atoms with Crippen molar-refractivity contribution in [2.24, 2.45) is 5.92 Å². The Kier molecular flexibility index (Phi) is 7.87. The van der Waals surface area contributed by atoms with E-state index < -0.39 is 0 Å². The zero-order valence-corrected chi connectivity index (χ0v) is 20.4. The molecule has 3 rings (SSSR count). The molecule has 1 atom stereocenters. The second-order valence-electron chi connectivity index (χ2n) is 8.74. The predicted molar refractivity (Wildman–Crippen MR) is 132 cm³/mol. The summed E-state index contributed by atoms with van der Waals surface area (Å²) < 4.78 is 6.94. The highest BCUT2D eigenvalue weighted by Gasteiger charge is 2.30. The van der Waals surface area contributed by atoms with Gasteiger partial charge < -0.3 is 14.5 Å². The number of nitrogens with zero attached hydrogens (tertiary/aromatic N) is 4. The van der Waals surface area contributed by atoms with Crippen molar-refractivity contribution >= 4 is 16.8 Å². The van der Waals surface area contributed by atoms with Crippen LogP contribution in [0.3, 0.4) is 0 Å². The molecule has 3 aromatic rings. The number of amides is 1. The number of aromatic nitrogens is 2. The van der Waals surface area contributed by atoms with Gasteiger partial charge in [0.25, 0.3) is 5.56 Å². The number of fused-ring (bicyclic) bond motifs is 1. The number of hydrogen-bond acceptors (Lipinski definition) is 5. The molecule has 0 N–H and O–H groups in total. The molecule has 0 saturated carbocycles. The Bertz CT molecular complexity index is 1150. The topological polar surface area (TPSA) is 67.7 Å². The fraction of sp³-hybridized carbons (Fsp3) is 0.423. The van der Waals surface area contributed by atoms with Crippen LogP contribution in [0.2, 0.25) is 0 Å². The van der Waals surface area contributed by atoms with Crippen LogP contribution in [-0.2, 0) is 4.79 Å². The summed E-state index contributed by atoms with van der Waals surface area (Å²) in [6, 6.07) is 14.3. The van der Waals surface area contributed by atoms with Gasteiger partial charge in [-0.25, -0.2) is 4.98 Å². The molecule has 0 radical (unpaired) electrons. The Morgan fingerprint density at radius 3 is 2.30 bits per heavy atom. The van der Waals surface area contributed by atoms with Crippen LogP contribution in [0, 0.1) is 5.92 Å². The van der Waals surface area contributed by atoms with Crippen LogP contribution in [0.1, 0.15) is 39.1 Å². The van der Waals surface area contributed by atoms with Gasteiger partial charge in [0.2, 0.25) is 5.91 Å². The highest BCUT2D eigenvalue weighted by Crippen LogP contribution is 2.27. The van der Waals surface area contributed by atoms with Gasteiger partial charge >= 0.3 is 0 Å². The summed E-state index contributed by atoms with van der Waals surface area (Å²) in [4.78, 5) is 35.9. The van der Waals surface area contributed by atoms with Crippen molar-refractivity contribution < 1.29 is 9.53 Å². The van der Waals surface area contributed by atoms with E-state index in [1.54, 1.807) is 17.7 Å². The van der Waals surface area contributed by atoms with Gasteiger partial charge in [-0.1, -0.05) is 32.9 Å². The van der Waals surface area contributed by atoms with Gasteiger partial charge in [-0.3, -0.25) is 14.2 Å². The minimum atomic E-state index is -0.348. The van der Waals surface area contributed by atoms with Crippen LogP contribution in [0.25, 0.3) is 16.6 Å². The molecule has 1 heterocycles. The number of carbonyl (C=O) groups is 1. The molecule has 1 unspecified atom stereocenters. The Morgan fingerprint density at radius 1 is 1.06 bits per heavy atom. The highest BCUT2D eigenvalue weighted by molar-refractivity contribution is 5.80. The third-order valence-corrected chi connectivity index (χ3v) is 5.76. The number of carbonyl (C=O) groups excluding carboxylic acids is 1. The van der Waals surface area contributed by atoms with Crippen LogP contribution in [0.15, 0.2) is 53.3 Å². The van der Waals surface area contributed by atoms with Gasteiger partial charge in [0.05, 0.1) is 29.7 Å². The lowest BCUT2D eigenvalue weighted by atomic mass is 10.1. The second kappa shape index (κ2) is 10.6. The lowest BCUT2D eigenvalue weighted by Gasteiger charge is -2.34. The Hall–Kier alpha value is -3.19. The van der Waals surface area contributed by atoms with E-state index in [0.29, 0.717) is 41.1 Å². The molecule has 0 saturated heterocycles. The molecule has 0 aliphatic carbocycles. The first-order valence-corrected chi connectivity index (χ1v) is 11.4. The van der Waals surface area contributed by atoms with Gasteiger partial charge in [-0.2, -0.15) is 0 Å². The fourth-order valence-corrected chi connectivity index (χ4v) is 3.96. The summed E-state index contributed by atoms with van der Waals surface area (Å²) in [6.45, 7) is 7.11. The summed E-state index contributed by atoms with van der Waals surface area (Å²) in [5, 5.41) is 0.543. The normalized spacial score (nSPS) is 12.4. The monoisotopic (exact) mass is 450 g/mol. The molecule has 0 fully saturated rings. The zero-order chi connectivity index (χ0) is 24.1. The Balaban J connectivity index is 2.26. The molecule has 1 amide bonds. The first kappa shape index (κ1) is 24.5. The van der Waals surface area contributed by atoms with Crippen molar-refractivity contribution in [1.29, 1.82) is 0 Å². The van der Waals surface area contributed by atoms with Gasteiger partial charge in [-0.15, -0.1) is 0 Å². The van der Waals surface area contributed by atoms with Crippen molar-refractivity contribution in [3.8, 4) is 11.4 Å². The standard InChI is InChI=1S/C26H34N4O3/c1-7-23(29(17-16-28(4)5)25(31)18(2)3)24-27-22-11-9-8-10-21(22)26(32)30(24)19-12-14-20(33-6)15-13-19/h8-15,18,23H,7,16-17H2,1-6H3. The van der Waals surface area contributed by atoms with Crippen LogP contribution in [0.4, 0.5) is 0 Å². The molecular formula is C26H34N4O3. The molecule has 0 spiro atoms. The number of likely N-dealkylation sites (N-methyl/N-ethyl adjacent to an activating group) is 1. The zero-order valence-electron chi connectivity index (χ0n) is 20.4. The molecule has 2 aromatic carbocycles. The maximum atomic E-state index is 13.7. The smallest absolute Gasteiger partial charge is 0.266 e. The van der Waals surface area contributed by atoms with E-state index in [-0.39, 0.29) is 23.4 Å². The van der Waals surface area contributed by atoms with E-state index in [0.717, 1.165) is 6.54 Å². The van der Waals surface area contributed by atoms with Gasteiger partial charge in [0.1, 0.15) is 11.6 Å². The Morgan fingerprint density at radius 2 is 1.73 bits per heavy atom. The maximum Gasteiger partial charge on any atom is 0.266 e. The number of benzene rings is 2. The lowest BCUT2D eigenvalue weighted by Crippen LogP contribution is -2.43. The molecule has 7 nitrogen and oxygen atoms in total. The average Bonchev–Trinajstić information content (AvgIpc) is 2.81. The quantitative estimate of drug-likeness (QED) is 0.495. The number of hydrogen-bond donors (Lipinski definition) is 0. The number of methoxy groups -OCH3 is 1. The van der Waals surface area contributed by atoms with E-state index >= 15 is 0 Å². The predicted octanol–water partition coefficient (Wildman–Crippen LogP) is 3.89. The summed E-state index contributed by atoms with van der Waals surface area (Å²) in [7, 11) is 5.58.